The second-order valence-corrected chi connectivity index (χ2v) is 5.48. The molecule has 0 atom stereocenters. The second kappa shape index (κ2) is 6.32. The van der Waals surface area contributed by atoms with Gasteiger partial charge in [0.2, 0.25) is 12.3 Å². The maximum Gasteiger partial charge on any atom is 0.250 e. The number of benzene rings is 2. The fraction of sp³-hybridized carbons (Fsp3) is 0. The summed E-state index contributed by atoms with van der Waals surface area (Å²) < 4.78 is 0. The molecule has 108 valence electrons. The Morgan fingerprint density at radius 1 is 1.14 bits per heavy atom. The molecule has 3 aromatic rings. The first kappa shape index (κ1) is 14.2. The molecule has 4 nitrogen and oxygen atoms in total. The van der Waals surface area contributed by atoms with Crippen molar-refractivity contribution in [1.82, 2.24) is 10.3 Å². The summed E-state index contributed by atoms with van der Waals surface area (Å²) in [6, 6.07) is 14.3. The van der Waals surface area contributed by atoms with E-state index in [9.17, 15) is 9.59 Å². The van der Waals surface area contributed by atoms with Crippen molar-refractivity contribution in [2.45, 2.75) is 0 Å². The summed E-state index contributed by atoms with van der Waals surface area (Å²) >= 11 is 1.44. The fourth-order valence-corrected chi connectivity index (χ4v) is 2.82. The smallest absolute Gasteiger partial charge is 0.250 e. The molecule has 0 fully saturated rings. The Morgan fingerprint density at radius 2 is 1.95 bits per heavy atom. The first-order valence-corrected chi connectivity index (χ1v) is 7.51. The van der Waals surface area contributed by atoms with E-state index in [1.54, 1.807) is 6.08 Å². The van der Waals surface area contributed by atoms with Crippen LogP contribution in [0.25, 0.3) is 28.1 Å². The molecule has 1 N–H and O–H groups in total. The van der Waals surface area contributed by atoms with Crippen molar-refractivity contribution in [2.75, 3.05) is 0 Å². The highest BCUT2D eigenvalue weighted by molar-refractivity contribution is 7.10. The van der Waals surface area contributed by atoms with Crippen LogP contribution >= 0.6 is 11.3 Å². The van der Waals surface area contributed by atoms with Gasteiger partial charge in [0.05, 0.1) is 5.69 Å². The quantitative estimate of drug-likeness (QED) is 0.594. The van der Waals surface area contributed by atoms with Gasteiger partial charge in [-0.1, -0.05) is 36.4 Å². The lowest BCUT2D eigenvalue weighted by Crippen LogP contribution is -2.17. The van der Waals surface area contributed by atoms with Crippen LogP contribution in [0.2, 0.25) is 0 Å². The van der Waals surface area contributed by atoms with Crippen LogP contribution in [0, 0.1) is 0 Å². The molecule has 2 aromatic carbocycles. The van der Waals surface area contributed by atoms with Gasteiger partial charge in [-0.3, -0.25) is 14.9 Å². The van der Waals surface area contributed by atoms with Crippen molar-refractivity contribution in [3.8, 4) is 11.3 Å². The highest BCUT2D eigenvalue weighted by atomic mass is 32.1. The molecule has 1 aromatic heterocycles. The van der Waals surface area contributed by atoms with E-state index in [1.807, 2.05) is 28.9 Å². The van der Waals surface area contributed by atoms with E-state index in [2.05, 4.69) is 29.2 Å². The number of nitrogens with zero attached hydrogens (tertiary/aromatic N) is 1. The van der Waals surface area contributed by atoms with Crippen LogP contribution in [-0.4, -0.2) is 17.3 Å². The summed E-state index contributed by atoms with van der Waals surface area (Å²) in [6.45, 7) is 0. The third-order valence-corrected chi connectivity index (χ3v) is 3.96. The van der Waals surface area contributed by atoms with Gasteiger partial charge >= 0.3 is 0 Å². The average molecular weight is 308 g/mol. The van der Waals surface area contributed by atoms with Crippen molar-refractivity contribution in [2.24, 2.45) is 0 Å². The number of carbonyl (C=O) groups excluding carboxylic acids is 2. The zero-order valence-corrected chi connectivity index (χ0v) is 12.3. The van der Waals surface area contributed by atoms with Gasteiger partial charge in [-0.05, 0) is 22.9 Å². The van der Waals surface area contributed by atoms with Gasteiger partial charge in [0, 0.05) is 17.0 Å². The van der Waals surface area contributed by atoms with Gasteiger partial charge in [0.15, 0.2) is 0 Å². The van der Waals surface area contributed by atoms with Gasteiger partial charge in [-0.2, -0.15) is 0 Å². The van der Waals surface area contributed by atoms with Crippen LogP contribution < -0.4 is 5.32 Å². The number of nitrogens with one attached hydrogen (secondary N) is 1. The average Bonchev–Trinajstić information content (AvgIpc) is 3.02. The van der Waals surface area contributed by atoms with Crippen molar-refractivity contribution in [3.63, 3.8) is 0 Å². The maximum atomic E-state index is 11.2. The van der Waals surface area contributed by atoms with Gasteiger partial charge in [0.25, 0.3) is 0 Å². The molecule has 0 bridgehead atoms. The lowest BCUT2D eigenvalue weighted by molar-refractivity contribution is -0.121. The minimum atomic E-state index is -0.461. The van der Waals surface area contributed by atoms with Gasteiger partial charge in [0.1, 0.15) is 5.01 Å². The van der Waals surface area contributed by atoms with E-state index >= 15 is 0 Å². The second-order valence-electron chi connectivity index (χ2n) is 4.59. The predicted molar refractivity (Wildman–Crippen MR) is 88.3 cm³/mol. The fourth-order valence-electron chi connectivity index (χ4n) is 2.10. The molecular formula is C17H12N2O2S. The highest BCUT2D eigenvalue weighted by Crippen LogP contribution is 2.26. The lowest BCUT2D eigenvalue weighted by atomic mass is 10.1. The molecule has 0 radical (unpaired) electrons. The minimum absolute atomic E-state index is 0.356. The number of carbonyl (C=O) groups is 2. The number of fused-ring (bicyclic) bond motifs is 1. The monoisotopic (exact) mass is 308 g/mol. The third-order valence-electron chi connectivity index (χ3n) is 3.15. The number of hydrogen-bond acceptors (Lipinski definition) is 4. The van der Waals surface area contributed by atoms with Crippen molar-refractivity contribution in [3.05, 3.63) is 58.9 Å². The molecule has 2 amide bonds. The van der Waals surface area contributed by atoms with E-state index in [0.29, 0.717) is 11.4 Å². The molecule has 22 heavy (non-hydrogen) atoms. The van der Waals surface area contributed by atoms with Gasteiger partial charge < -0.3 is 0 Å². The Kier molecular flexibility index (Phi) is 4.07. The third kappa shape index (κ3) is 3.10. The molecule has 5 heteroatoms. The number of amides is 2. The maximum absolute atomic E-state index is 11.2. The Labute approximate surface area is 131 Å². The zero-order valence-electron chi connectivity index (χ0n) is 11.5. The van der Waals surface area contributed by atoms with Crippen LogP contribution in [0.5, 0.6) is 0 Å². The number of rotatable bonds is 4. The summed E-state index contributed by atoms with van der Waals surface area (Å²) in [6.07, 6.45) is 3.24. The van der Waals surface area contributed by atoms with Crippen LogP contribution in [0.3, 0.4) is 0 Å². The van der Waals surface area contributed by atoms with Crippen LogP contribution in [-0.2, 0) is 9.59 Å². The topological polar surface area (TPSA) is 59.1 Å². The predicted octanol–water partition coefficient (Wildman–Crippen LogP) is 3.25. The number of aromatic nitrogens is 1. The SMILES string of the molecule is O=CNC(=O)C=Cc1nc(-c2ccc3ccccc3c2)cs1. The molecule has 0 aliphatic heterocycles. The molecule has 0 aliphatic carbocycles. The highest BCUT2D eigenvalue weighted by Gasteiger charge is 2.04. The van der Waals surface area contributed by atoms with E-state index in [1.165, 1.54) is 22.8 Å². The van der Waals surface area contributed by atoms with Gasteiger partial charge in [-0.15, -0.1) is 11.3 Å². The molecule has 0 unspecified atom stereocenters. The lowest BCUT2D eigenvalue weighted by Gasteiger charge is -2.00. The van der Waals surface area contributed by atoms with E-state index in [4.69, 9.17) is 0 Å². The largest absolute Gasteiger partial charge is 0.295 e. The van der Waals surface area contributed by atoms with Gasteiger partial charge in [-0.25, -0.2) is 4.98 Å². The van der Waals surface area contributed by atoms with Crippen molar-refractivity contribution >= 4 is 40.5 Å². The molecule has 3 rings (SSSR count). The normalized spacial score (nSPS) is 10.9. The summed E-state index contributed by atoms with van der Waals surface area (Å²) in [5.74, 6) is -0.461. The number of imide groups is 1. The van der Waals surface area contributed by atoms with Crippen molar-refractivity contribution in [1.29, 1.82) is 0 Å². The summed E-state index contributed by atoms with van der Waals surface area (Å²) in [7, 11) is 0. The molecule has 0 aliphatic rings. The molecular weight excluding hydrogens is 296 g/mol. The molecule has 0 saturated carbocycles. The Hall–Kier alpha value is -2.79. The van der Waals surface area contributed by atoms with Crippen LogP contribution in [0.4, 0.5) is 0 Å². The first-order chi connectivity index (χ1) is 10.8. The van der Waals surface area contributed by atoms with E-state index < -0.39 is 5.91 Å². The molecule has 0 saturated heterocycles. The standard InChI is InChI=1S/C17H12N2O2S/c20-11-18-16(21)7-8-17-19-15(10-22-17)14-6-5-12-3-1-2-4-13(12)9-14/h1-11H,(H,18,20,21). The van der Waals surface area contributed by atoms with E-state index in [-0.39, 0.29) is 0 Å². The number of thiazole rings is 1. The Bertz CT molecular complexity index is 868. The minimum Gasteiger partial charge on any atom is -0.295 e. The van der Waals surface area contributed by atoms with Crippen LogP contribution in [0.1, 0.15) is 5.01 Å². The van der Waals surface area contributed by atoms with E-state index in [0.717, 1.165) is 16.6 Å². The zero-order chi connectivity index (χ0) is 15.4. The summed E-state index contributed by atoms with van der Waals surface area (Å²) in [4.78, 5) is 25.8. The molecule has 1 heterocycles. The van der Waals surface area contributed by atoms with Crippen LogP contribution in [0.15, 0.2) is 53.9 Å². The van der Waals surface area contributed by atoms with Crippen molar-refractivity contribution < 1.29 is 9.59 Å². The summed E-state index contributed by atoms with van der Waals surface area (Å²) in [5.41, 5.74) is 1.90. The summed E-state index contributed by atoms with van der Waals surface area (Å²) in [5, 5.41) is 7.05. The first-order valence-electron chi connectivity index (χ1n) is 6.63. The number of hydrogen-bond donors (Lipinski definition) is 1. The molecule has 0 spiro atoms. The Morgan fingerprint density at radius 3 is 2.77 bits per heavy atom. The Balaban J connectivity index is 1.85.